The van der Waals surface area contributed by atoms with Gasteiger partial charge in [0.1, 0.15) is 12.7 Å². The molecule has 0 bridgehead atoms. The Balaban J connectivity index is 1.87. The lowest BCUT2D eigenvalue weighted by molar-refractivity contribution is 0.00752. The topological polar surface area (TPSA) is 62.0 Å². The Morgan fingerprint density at radius 3 is 2.82 bits per heavy atom. The molecule has 2 rings (SSSR count). The van der Waals surface area contributed by atoms with Crippen LogP contribution in [-0.4, -0.2) is 35.2 Å². The monoisotopic (exact) mass is 241 g/mol. The maximum Gasteiger partial charge on any atom is 0.145 e. The minimum Gasteiger partial charge on any atom is -0.394 e. The van der Waals surface area contributed by atoms with Crippen molar-refractivity contribution in [2.24, 2.45) is 28.3 Å². The molecule has 0 radical (unpaired) electrons. The lowest BCUT2D eigenvalue weighted by atomic mass is 9.89. The van der Waals surface area contributed by atoms with Crippen molar-refractivity contribution in [1.82, 2.24) is 0 Å². The molecule has 98 valence electrons. The average Bonchev–Trinajstić information content (AvgIpc) is 2.80. The van der Waals surface area contributed by atoms with Crippen LogP contribution in [0.5, 0.6) is 0 Å². The molecule has 4 heteroatoms. The van der Waals surface area contributed by atoms with E-state index in [1.54, 1.807) is 0 Å². The van der Waals surface area contributed by atoms with Crippen LogP contribution in [0.1, 0.15) is 33.6 Å². The second kappa shape index (κ2) is 4.58. The van der Waals surface area contributed by atoms with Gasteiger partial charge in [-0.2, -0.15) is 0 Å². The van der Waals surface area contributed by atoms with Gasteiger partial charge < -0.3 is 15.1 Å². The van der Waals surface area contributed by atoms with Crippen LogP contribution in [0.15, 0.2) is 5.16 Å². The van der Waals surface area contributed by atoms with Gasteiger partial charge in [-0.3, -0.25) is 0 Å². The lowest BCUT2D eigenvalue weighted by Gasteiger charge is -2.19. The van der Waals surface area contributed by atoms with E-state index in [9.17, 15) is 0 Å². The number of aliphatic hydroxyl groups is 2. The molecule has 4 nitrogen and oxygen atoms in total. The van der Waals surface area contributed by atoms with Gasteiger partial charge >= 0.3 is 0 Å². The van der Waals surface area contributed by atoms with E-state index in [4.69, 9.17) is 15.1 Å². The van der Waals surface area contributed by atoms with Crippen LogP contribution in [0.2, 0.25) is 0 Å². The molecule has 0 unspecified atom stereocenters. The van der Waals surface area contributed by atoms with Gasteiger partial charge in [0, 0.05) is 0 Å². The normalized spacial score (nSPS) is 38.6. The van der Waals surface area contributed by atoms with Crippen LogP contribution in [0.3, 0.4) is 0 Å². The third-order valence-corrected chi connectivity index (χ3v) is 4.55. The molecule has 2 aliphatic carbocycles. The Morgan fingerprint density at radius 1 is 1.47 bits per heavy atom. The molecule has 2 N–H and O–H groups in total. The summed E-state index contributed by atoms with van der Waals surface area (Å²) in [7, 11) is 0. The van der Waals surface area contributed by atoms with Gasteiger partial charge in [0.05, 0.1) is 12.3 Å². The van der Waals surface area contributed by atoms with E-state index in [2.05, 4.69) is 25.9 Å². The fraction of sp³-hybridized carbons (Fsp3) is 0.923. The summed E-state index contributed by atoms with van der Waals surface area (Å²) in [4.78, 5) is 5.11. The smallest absolute Gasteiger partial charge is 0.145 e. The van der Waals surface area contributed by atoms with Crippen LogP contribution < -0.4 is 0 Å². The molecule has 2 aliphatic rings. The Morgan fingerprint density at radius 2 is 2.18 bits per heavy atom. The highest BCUT2D eigenvalue weighted by molar-refractivity contribution is 5.87. The Hall–Kier alpha value is -0.610. The first-order chi connectivity index (χ1) is 7.96. The summed E-state index contributed by atoms with van der Waals surface area (Å²) < 4.78 is 0. The molecule has 0 amide bonds. The van der Waals surface area contributed by atoms with Gasteiger partial charge in [0.2, 0.25) is 0 Å². The van der Waals surface area contributed by atoms with E-state index in [1.807, 2.05) is 0 Å². The highest BCUT2D eigenvalue weighted by Crippen LogP contribution is 2.65. The Bertz CT molecular complexity index is 314. The van der Waals surface area contributed by atoms with Crippen molar-refractivity contribution >= 4 is 5.71 Å². The number of fused-ring (bicyclic) bond motifs is 1. The maximum atomic E-state index is 9.15. The molecular formula is C13H23NO3. The molecule has 0 aromatic carbocycles. The molecule has 2 saturated carbocycles. The van der Waals surface area contributed by atoms with Crippen molar-refractivity contribution in [2.75, 3.05) is 13.2 Å². The number of nitrogens with zero attached hydrogens (tertiary/aromatic N) is 1. The molecule has 0 spiro atoms. The van der Waals surface area contributed by atoms with Crippen molar-refractivity contribution in [2.45, 2.75) is 39.7 Å². The van der Waals surface area contributed by atoms with Gasteiger partial charge in [-0.25, -0.2) is 0 Å². The second-order valence-electron chi connectivity index (χ2n) is 6.09. The lowest BCUT2D eigenvalue weighted by Crippen LogP contribution is -2.21. The van der Waals surface area contributed by atoms with E-state index < -0.39 is 6.10 Å². The zero-order valence-electron chi connectivity index (χ0n) is 10.9. The van der Waals surface area contributed by atoms with Crippen molar-refractivity contribution in [3.8, 4) is 0 Å². The minimum absolute atomic E-state index is 0.0736. The Labute approximate surface area is 103 Å². The third kappa shape index (κ3) is 2.47. The van der Waals surface area contributed by atoms with Crippen LogP contribution in [-0.2, 0) is 4.84 Å². The molecular weight excluding hydrogens is 218 g/mol. The summed E-state index contributed by atoms with van der Waals surface area (Å²) in [5, 5.41) is 22.0. The number of hydrogen-bond acceptors (Lipinski definition) is 4. The van der Waals surface area contributed by atoms with Gasteiger partial charge in [0.25, 0.3) is 0 Å². The highest BCUT2D eigenvalue weighted by atomic mass is 16.6. The predicted molar refractivity (Wildman–Crippen MR) is 65.6 cm³/mol. The number of aliphatic hydroxyl groups excluding tert-OH is 2. The molecule has 0 aromatic rings. The van der Waals surface area contributed by atoms with Crippen LogP contribution >= 0.6 is 0 Å². The average molecular weight is 241 g/mol. The molecule has 2 fully saturated rings. The van der Waals surface area contributed by atoms with Gasteiger partial charge in [-0.05, 0) is 36.0 Å². The summed E-state index contributed by atoms with van der Waals surface area (Å²) in [6, 6.07) is 0. The van der Waals surface area contributed by atoms with E-state index in [-0.39, 0.29) is 13.2 Å². The summed E-state index contributed by atoms with van der Waals surface area (Å²) >= 11 is 0. The fourth-order valence-electron chi connectivity index (χ4n) is 3.06. The van der Waals surface area contributed by atoms with Crippen molar-refractivity contribution < 1.29 is 15.1 Å². The molecule has 4 atom stereocenters. The zero-order chi connectivity index (χ0) is 12.6. The van der Waals surface area contributed by atoms with E-state index in [1.165, 1.54) is 6.42 Å². The van der Waals surface area contributed by atoms with Crippen LogP contribution in [0, 0.1) is 23.2 Å². The standard InChI is InChI=1S/C13H23NO3/c1-8-4-10-11(13(10,2)3)5-12(8)14-17-7-9(16)6-15/h8-11,15-16H,4-7H2,1-3H3/b14-12+/t8-,9+,10+,11-/m1/s1. The first kappa shape index (κ1) is 12.8. The summed E-state index contributed by atoms with van der Waals surface area (Å²) in [5.41, 5.74) is 1.58. The van der Waals surface area contributed by atoms with Crippen molar-refractivity contribution in [3.05, 3.63) is 0 Å². The zero-order valence-corrected chi connectivity index (χ0v) is 10.9. The van der Waals surface area contributed by atoms with Crippen molar-refractivity contribution in [3.63, 3.8) is 0 Å². The Kier molecular flexibility index (Phi) is 3.46. The van der Waals surface area contributed by atoms with Gasteiger partial charge in [-0.1, -0.05) is 25.9 Å². The quantitative estimate of drug-likeness (QED) is 0.732. The predicted octanol–water partition coefficient (Wildman–Crippen LogP) is 1.41. The van der Waals surface area contributed by atoms with E-state index >= 15 is 0 Å². The van der Waals surface area contributed by atoms with Gasteiger partial charge in [-0.15, -0.1) is 0 Å². The van der Waals surface area contributed by atoms with Crippen molar-refractivity contribution in [1.29, 1.82) is 0 Å². The number of rotatable bonds is 4. The largest absolute Gasteiger partial charge is 0.394 e. The molecule has 17 heavy (non-hydrogen) atoms. The molecule has 0 aromatic heterocycles. The SMILES string of the molecule is C[C@@H]1C[C@H]2[C@@H](C/C1=N\OC[C@@H](O)CO)C2(C)C. The molecule has 0 saturated heterocycles. The first-order valence-corrected chi connectivity index (χ1v) is 6.44. The maximum absolute atomic E-state index is 9.15. The number of hydrogen-bond donors (Lipinski definition) is 2. The summed E-state index contributed by atoms with van der Waals surface area (Å²) in [6.45, 7) is 6.64. The highest BCUT2D eigenvalue weighted by Gasteiger charge is 2.60. The van der Waals surface area contributed by atoms with Crippen LogP contribution in [0.25, 0.3) is 0 Å². The first-order valence-electron chi connectivity index (χ1n) is 6.44. The third-order valence-electron chi connectivity index (χ3n) is 4.55. The van der Waals surface area contributed by atoms with E-state index in [0.717, 1.165) is 24.0 Å². The molecule has 0 aliphatic heterocycles. The summed E-state index contributed by atoms with van der Waals surface area (Å²) in [5.74, 6) is 2.08. The van der Waals surface area contributed by atoms with Gasteiger partial charge in [0.15, 0.2) is 0 Å². The number of oxime groups is 1. The van der Waals surface area contributed by atoms with Crippen LogP contribution in [0.4, 0.5) is 0 Å². The molecule has 0 heterocycles. The summed E-state index contributed by atoms with van der Waals surface area (Å²) in [6.07, 6.45) is 1.39. The second-order valence-corrected chi connectivity index (χ2v) is 6.09. The minimum atomic E-state index is -0.830. The fourth-order valence-corrected chi connectivity index (χ4v) is 3.06. The van der Waals surface area contributed by atoms with E-state index in [0.29, 0.717) is 11.3 Å².